The third-order valence-corrected chi connectivity index (χ3v) is 5.96. The van der Waals surface area contributed by atoms with Gasteiger partial charge in [0.2, 0.25) is 0 Å². The molecular formula is C24H29N7S. The topological polar surface area (TPSA) is 82.6 Å². The molecule has 0 radical (unpaired) electrons. The quantitative estimate of drug-likeness (QED) is 0.282. The smallest absolute Gasteiger partial charge is 0.190 e. The summed E-state index contributed by atoms with van der Waals surface area (Å²) in [5.74, 6) is 2.00. The summed E-state index contributed by atoms with van der Waals surface area (Å²) in [7, 11) is 4.15. The van der Waals surface area contributed by atoms with Crippen molar-refractivity contribution in [2.75, 3.05) is 31.7 Å². The van der Waals surface area contributed by atoms with Crippen LogP contribution in [0.2, 0.25) is 0 Å². The number of aromatic amines is 1. The van der Waals surface area contributed by atoms with E-state index in [0.717, 1.165) is 56.8 Å². The predicted octanol–water partition coefficient (Wildman–Crippen LogP) is 4.80. The zero-order valence-electron chi connectivity index (χ0n) is 19.0. The summed E-state index contributed by atoms with van der Waals surface area (Å²) in [6.07, 6.45) is 1.81. The van der Waals surface area contributed by atoms with Crippen LogP contribution in [0.5, 0.6) is 0 Å². The van der Waals surface area contributed by atoms with Gasteiger partial charge in [0.25, 0.3) is 0 Å². The van der Waals surface area contributed by atoms with Gasteiger partial charge in [-0.1, -0.05) is 55.9 Å². The van der Waals surface area contributed by atoms with Gasteiger partial charge in [0, 0.05) is 30.6 Å². The van der Waals surface area contributed by atoms with E-state index in [1.807, 2.05) is 24.4 Å². The maximum atomic E-state index is 4.81. The standard InChI is InChI=1S/C24H29N7S/c1-16(2)20-21-22(30-29-20)23(28-24(27-21)32-14-13-31(3)4)26-15-17-8-10-18(11-9-17)19-7-5-6-12-25-19/h5-12,16H,13-15H2,1-4H3,(H,29,30)(H,26,27,28). The van der Waals surface area contributed by atoms with Crippen molar-refractivity contribution in [3.63, 3.8) is 0 Å². The highest BCUT2D eigenvalue weighted by Gasteiger charge is 2.17. The zero-order valence-corrected chi connectivity index (χ0v) is 19.8. The lowest BCUT2D eigenvalue weighted by Gasteiger charge is -2.11. The van der Waals surface area contributed by atoms with Crippen molar-refractivity contribution in [1.29, 1.82) is 0 Å². The molecule has 0 atom stereocenters. The van der Waals surface area contributed by atoms with Gasteiger partial charge < -0.3 is 10.2 Å². The van der Waals surface area contributed by atoms with Crippen molar-refractivity contribution in [3.8, 4) is 11.3 Å². The number of hydrogen-bond donors (Lipinski definition) is 2. The minimum atomic E-state index is 0.307. The van der Waals surface area contributed by atoms with Crippen molar-refractivity contribution < 1.29 is 0 Å². The predicted molar refractivity (Wildman–Crippen MR) is 132 cm³/mol. The molecular weight excluding hydrogens is 418 g/mol. The number of H-pyrrole nitrogens is 1. The van der Waals surface area contributed by atoms with Crippen LogP contribution < -0.4 is 5.32 Å². The molecule has 8 heteroatoms. The van der Waals surface area contributed by atoms with Crippen molar-refractivity contribution >= 4 is 28.6 Å². The average Bonchev–Trinajstić information content (AvgIpc) is 3.23. The minimum Gasteiger partial charge on any atom is -0.364 e. The van der Waals surface area contributed by atoms with Gasteiger partial charge in [-0.3, -0.25) is 10.1 Å². The molecule has 0 spiro atoms. The lowest BCUT2D eigenvalue weighted by molar-refractivity contribution is 0.437. The Morgan fingerprint density at radius 2 is 1.84 bits per heavy atom. The Labute approximate surface area is 193 Å². The van der Waals surface area contributed by atoms with Crippen LogP contribution in [0.25, 0.3) is 22.3 Å². The van der Waals surface area contributed by atoms with E-state index in [2.05, 4.69) is 77.6 Å². The molecule has 3 aromatic heterocycles. The first-order valence-electron chi connectivity index (χ1n) is 10.8. The number of thioether (sulfide) groups is 1. The van der Waals surface area contributed by atoms with Gasteiger partial charge in [-0.25, -0.2) is 9.97 Å². The van der Waals surface area contributed by atoms with Crippen LogP contribution in [0.3, 0.4) is 0 Å². The van der Waals surface area contributed by atoms with Gasteiger partial charge in [0.1, 0.15) is 5.52 Å². The second kappa shape index (κ2) is 10.1. The maximum Gasteiger partial charge on any atom is 0.190 e. The van der Waals surface area contributed by atoms with Gasteiger partial charge in [-0.05, 0) is 37.7 Å². The van der Waals surface area contributed by atoms with E-state index in [4.69, 9.17) is 9.97 Å². The van der Waals surface area contributed by atoms with Crippen molar-refractivity contribution in [2.45, 2.75) is 31.5 Å². The molecule has 2 N–H and O–H groups in total. The van der Waals surface area contributed by atoms with E-state index in [9.17, 15) is 0 Å². The molecule has 0 amide bonds. The fraction of sp³-hybridized carbons (Fsp3) is 0.333. The summed E-state index contributed by atoms with van der Waals surface area (Å²) in [4.78, 5) is 16.2. The van der Waals surface area contributed by atoms with E-state index >= 15 is 0 Å². The Bertz CT molecular complexity index is 1150. The fourth-order valence-corrected chi connectivity index (χ4v) is 4.27. The zero-order chi connectivity index (χ0) is 22.5. The van der Waals surface area contributed by atoms with Crippen LogP contribution in [0, 0.1) is 0 Å². The number of nitrogens with zero attached hydrogens (tertiary/aromatic N) is 5. The van der Waals surface area contributed by atoms with E-state index in [-0.39, 0.29) is 0 Å². The summed E-state index contributed by atoms with van der Waals surface area (Å²) >= 11 is 1.67. The van der Waals surface area contributed by atoms with Gasteiger partial charge in [-0.2, -0.15) is 5.10 Å². The van der Waals surface area contributed by atoms with Crippen LogP contribution in [-0.4, -0.2) is 56.4 Å². The first-order chi connectivity index (χ1) is 15.5. The summed E-state index contributed by atoms with van der Waals surface area (Å²) in [6.45, 7) is 5.91. The van der Waals surface area contributed by atoms with Gasteiger partial charge in [0.15, 0.2) is 16.5 Å². The SMILES string of the molecule is CC(C)c1[nH]nc2c(NCc3ccc(-c4ccccn4)cc3)nc(SCCN(C)C)nc12. The van der Waals surface area contributed by atoms with Crippen LogP contribution >= 0.6 is 11.8 Å². The number of fused-ring (bicyclic) bond motifs is 1. The van der Waals surface area contributed by atoms with Crippen molar-refractivity contribution in [3.05, 3.63) is 59.9 Å². The third-order valence-electron chi connectivity index (χ3n) is 5.13. The lowest BCUT2D eigenvalue weighted by Crippen LogP contribution is -2.15. The van der Waals surface area contributed by atoms with Crippen LogP contribution in [0.15, 0.2) is 53.8 Å². The van der Waals surface area contributed by atoms with Gasteiger partial charge in [-0.15, -0.1) is 0 Å². The Balaban J connectivity index is 1.54. The first-order valence-corrected chi connectivity index (χ1v) is 11.8. The van der Waals surface area contributed by atoms with Gasteiger partial charge in [0.05, 0.1) is 11.4 Å². The Morgan fingerprint density at radius 1 is 1.03 bits per heavy atom. The molecule has 0 fully saturated rings. The number of anilines is 1. The molecule has 1 aromatic carbocycles. The number of hydrogen-bond acceptors (Lipinski definition) is 7. The minimum absolute atomic E-state index is 0.307. The number of nitrogens with one attached hydrogen (secondary N) is 2. The Kier molecular flexibility index (Phi) is 7.02. The molecule has 4 rings (SSSR count). The summed E-state index contributed by atoms with van der Waals surface area (Å²) in [6, 6.07) is 14.4. The average molecular weight is 448 g/mol. The highest BCUT2D eigenvalue weighted by Crippen LogP contribution is 2.28. The van der Waals surface area contributed by atoms with Gasteiger partial charge >= 0.3 is 0 Å². The molecule has 0 aliphatic carbocycles. The molecule has 0 saturated carbocycles. The number of pyridine rings is 1. The largest absolute Gasteiger partial charge is 0.364 e. The first kappa shape index (κ1) is 22.2. The Morgan fingerprint density at radius 3 is 2.53 bits per heavy atom. The molecule has 0 unspecified atom stereocenters. The fourth-order valence-electron chi connectivity index (χ4n) is 3.32. The summed E-state index contributed by atoms with van der Waals surface area (Å²) < 4.78 is 0. The maximum absolute atomic E-state index is 4.81. The molecule has 3 heterocycles. The monoisotopic (exact) mass is 447 g/mol. The second-order valence-electron chi connectivity index (χ2n) is 8.26. The summed E-state index contributed by atoms with van der Waals surface area (Å²) in [5, 5.41) is 11.9. The highest BCUT2D eigenvalue weighted by molar-refractivity contribution is 7.99. The van der Waals surface area contributed by atoms with Crippen LogP contribution in [0.1, 0.15) is 31.0 Å². The van der Waals surface area contributed by atoms with Crippen LogP contribution in [0.4, 0.5) is 5.82 Å². The number of benzene rings is 1. The third kappa shape index (κ3) is 5.26. The van der Waals surface area contributed by atoms with Crippen LogP contribution in [-0.2, 0) is 6.54 Å². The van der Waals surface area contributed by atoms with Crippen molar-refractivity contribution in [2.24, 2.45) is 0 Å². The number of rotatable bonds is 9. The van der Waals surface area contributed by atoms with E-state index in [1.54, 1.807) is 11.8 Å². The molecule has 7 nitrogen and oxygen atoms in total. The molecule has 166 valence electrons. The molecule has 0 saturated heterocycles. The molecule has 0 bridgehead atoms. The molecule has 4 aromatic rings. The molecule has 32 heavy (non-hydrogen) atoms. The normalized spacial score (nSPS) is 11.6. The Hall–Kier alpha value is -2.97. The molecule has 0 aliphatic rings. The molecule has 0 aliphatic heterocycles. The van der Waals surface area contributed by atoms with Crippen molar-refractivity contribution in [1.82, 2.24) is 30.0 Å². The second-order valence-corrected chi connectivity index (χ2v) is 9.32. The lowest BCUT2D eigenvalue weighted by atomic mass is 10.1. The van der Waals surface area contributed by atoms with E-state index in [0.29, 0.717) is 12.5 Å². The highest BCUT2D eigenvalue weighted by atomic mass is 32.2. The number of aromatic nitrogens is 5. The van der Waals surface area contributed by atoms with E-state index in [1.165, 1.54) is 0 Å². The van der Waals surface area contributed by atoms with E-state index < -0.39 is 0 Å². The summed E-state index contributed by atoms with van der Waals surface area (Å²) in [5.41, 5.74) is 5.97.